The number of nitriles is 1. The molecule has 0 amide bonds. The number of nitrogens with one attached hydrogen (secondary N) is 1. The number of aliphatic hydroxyl groups is 1. The largest absolute Gasteiger partial charge is 0.480 e. The van der Waals surface area contributed by atoms with Crippen molar-refractivity contribution in [2.45, 2.75) is 63.2 Å². The topological polar surface area (TPSA) is 77.6 Å². The molecule has 1 aromatic rings. The molecule has 0 aliphatic heterocycles. The predicted molar refractivity (Wildman–Crippen MR) is 99.6 cm³/mol. The molecule has 5 heteroatoms. The first-order valence-corrected chi connectivity index (χ1v) is 9.58. The van der Waals surface area contributed by atoms with Crippen molar-refractivity contribution in [3.05, 3.63) is 30.3 Å². The molecule has 0 radical (unpaired) electrons. The molecule has 4 bridgehead atoms. The lowest BCUT2D eigenvalue weighted by atomic mass is 9.52. The summed E-state index contributed by atoms with van der Waals surface area (Å²) in [6.45, 7) is 3.87. The number of amidine groups is 1. The van der Waals surface area contributed by atoms with Crippen LogP contribution >= 0.6 is 0 Å². The van der Waals surface area contributed by atoms with Crippen molar-refractivity contribution >= 4 is 5.84 Å². The molecule has 5 nitrogen and oxygen atoms in total. The van der Waals surface area contributed by atoms with Crippen molar-refractivity contribution in [2.24, 2.45) is 22.7 Å². The van der Waals surface area contributed by atoms with Gasteiger partial charge < -0.3 is 9.84 Å². The fourth-order valence-corrected chi connectivity index (χ4v) is 5.54. The van der Waals surface area contributed by atoms with Gasteiger partial charge in [-0.2, -0.15) is 5.26 Å². The zero-order valence-electron chi connectivity index (χ0n) is 15.5. The van der Waals surface area contributed by atoms with Gasteiger partial charge in [0.15, 0.2) is 17.6 Å². The Balaban J connectivity index is 1.59. The first-order valence-electron chi connectivity index (χ1n) is 9.58. The van der Waals surface area contributed by atoms with Crippen LogP contribution in [0.1, 0.15) is 46.0 Å². The Labute approximate surface area is 155 Å². The molecular formula is C21H27N3O2. The standard InChI is InChI=1S/C21H27N3O2/c1-20(2,26-17-6-4-3-5-7-17)19(23-13-22)24-18-15-8-14-9-16(18)12-21(25,10-14)11-15/h3-7,14-16,18,25H,8-12H2,1-2H3,(H,23,24). The summed E-state index contributed by atoms with van der Waals surface area (Å²) in [5.74, 6) is 2.80. The monoisotopic (exact) mass is 353 g/mol. The third-order valence-corrected chi connectivity index (χ3v) is 6.33. The fourth-order valence-electron chi connectivity index (χ4n) is 5.54. The molecule has 26 heavy (non-hydrogen) atoms. The van der Waals surface area contributed by atoms with Crippen molar-refractivity contribution in [1.29, 1.82) is 5.26 Å². The summed E-state index contributed by atoms with van der Waals surface area (Å²) in [5, 5.41) is 22.8. The van der Waals surface area contributed by atoms with E-state index in [0.717, 1.165) is 37.9 Å². The smallest absolute Gasteiger partial charge is 0.182 e. The lowest BCUT2D eigenvalue weighted by molar-refractivity contribution is -0.132. The summed E-state index contributed by atoms with van der Waals surface area (Å²) in [4.78, 5) is 5.01. The van der Waals surface area contributed by atoms with Crippen LogP contribution in [0.3, 0.4) is 0 Å². The average molecular weight is 353 g/mol. The van der Waals surface area contributed by atoms with Crippen molar-refractivity contribution in [2.75, 3.05) is 0 Å². The van der Waals surface area contributed by atoms with Gasteiger partial charge in [0.2, 0.25) is 0 Å². The van der Waals surface area contributed by atoms with Gasteiger partial charge in [-0.1, -0.05) is 18.2 Å². The number of hydrogen-bond acceptors (Lipinski definition) is 4. The van der Waals surface area contributed by atoms with Crippen LogP contribution in [-0.2, 0) is 0 Å². The van der Waals surface area contributed by atoms with Gasteiger partial charge in [-0.05, 0) is 75.8 Å². The van der Waals surface area contributed by atoms with Crippen molar-refractivity contribution < 1.29 is 9.84 Å². The molecule has 2 N–H and O–H groups in total. The van der Waals surface area contributed by atoms with Crippen LogP contribution in [0, 0.1) is 29.2 Å². The summed E-state index contributed by atoms with van der Waals surface area (Å²) < 4.78 is 6.14. The van der Waals surface area contributed by atoms with Crippen LogP contribution in [0.5, 0.6) is 5.75 Å². The molecular weight excluding hydrogens is 326 g/mol. The SMILES string of the molecule is CC(C)(Oc1ccccc1)C(=NC1C2CC3CC1CC(O)(C3)C2)NC#N. The van der Waals surface area contributed by atoms with Crippen LogP contribution in [0.4, 0.5) is 0 Å². The maximum absolute atomic E-state index is 10.8. The maximum atomic E-state index is 10.8. The Hall–Kier alpha value is -2.06. The molecule has 0 spiro atoms. The molecule has 5 rings (SSSR count). The first kappa shape index (κ1) is 17.4. The van der Waals surface area contributed by atoms with Gasteiger partial charge in [0.1, 0.15) is 5.75 Å². The van der Waals surface area contributed by atoms with Gasteiger partial charge in [0.05, 0.1) is 11.6 Å². The fraction of sp³-hybridized carbons (Fsp3) is 0.619. The lowest BCUT2D eigenvalue weighted by Crippen LogP contribution is -2.57. The minimum Gasteiger partial charge on any atom is -0.480 e. The van der Waals surface area contributed by atoms with Gasteiger partial charge in [-0.15, -0.1) is 0 Å². The zero-order valence-corrected chi connectivity index (χ0v) is 15.5. The number of ether oxygens (including phenoxy) is 1. The highest BCUT2D eigenvalue weighted by molar-refractivity contribution is 5.91. The quantitative estimate of drug-likeness (QED) is 0.377. The summed E-state index contributed by atoms with van der Waals surface area (Å²) in [6, 6.07) is 9.79. The molecule has 1 aromatic carbocycles. The summed E-state index contributed by atoms with van der Waals surface area (Å²) in [5.41, 5.74) is -1.20. The van der Waals surface area contributed by atoms with Gasteiger partial charge in [-0.3, -0.25) is 10.3 Å². The summed E-state index contributed by atoms with van der Waals surface area (Å²) in [6.07, 6.45) is 6.96. The van der Waals surface area contributed by atoms with Crippen LogP contribution in [-0.4, -0.2) is 28.2 Å². The molecule has 4 aliphatic carbocycles. The second kappa shape index (κ2) is 6.28. The number of nitrogens with zero attached hydrogens (tertiary/aromatic N) is 2. The van der Waals surface area contributed by atoms with E-state index in [0.29, 0.717) is 23.6 Å². The molecule has 0 saturated heterocycles. The number of hydrogen-bond donors (Lipinski definition) is 2. The first-order chi connectivity index (χ1) is 12.4. The van der Waals surface area contributed by atoms with Crippen LogP contribution in [0.25, 0.3) is 0 Å². The van der Waals surface area contributed by atoms with E-state index in [2.05, 4.69) is 5.32 Å². The number of benzene rings is 1. The normalized spacial score (nSPS) is 35.8. The number of rotatable bonds is 4. The Morgan fingerprint density at radius 3 is 2.46 bits per heavy atom. The number of para-hydroxylation sites is 1. The third-order valence-electron chi connectivity index (χ3n) is 6.33. The van der Waals surface area contributed by atoms with Crippen molar-refractivity contribution in [1.82, 2.24) is 5.32 Å². The van der Waals surface area contributed by atoms with Crippen LogP contribution in [0.15, 0.2) is 35.3 Å². The van der Waals surface area contributed by atoms with E-state index in [1.807, 2.05) is 50.4 Å². The Morgan fingerprint density at radius 1 is 1.23 bits per heavy atom. The minimum atomic E-state index is -0.733. The Bertz CT molecular complexity index is 721. The van der Waals surface area contributed by atoms with E-state index in [1.165, 1.54) is 0 Å². The summed E-state index contributed by atoms with van der Waals surface area (Å²) in [7, 11) is 0. The Kier molecular flexibility index (Phi) is 4.19. The zero-order chi connectivity index (χ0) is 18.4. The van der Waals surface area contributed by atoms with Crippen LogP contribution in [0.2, 0.25) is 0 Å². The average Bonchev–Trinajstić information content (AvgIpc) is 2.56. The third kappa shape index (κ3) is 3.19. The second-order valence-electron chi connectivity index (χ2n) is 8.82. The molecule has 2 unspecified atom stereocenters. The molecule has 0 heterocycles. The molecule has 4 aliphatic rings. The van der Waals surface area contributed by atoms with Crippen molar-refractivity contribution in [3.63, 3.8) is 0 Å². The maximum Gasteiger partial charge on any atom is 0.182 e. The Morgan fingerprint density at radius 2 is 1.88 bits per heavy atom. The highest BCUT2D eigenvalue weighted by Gasteiger charge is 2.55. The molecule has 2 atom stereocenters. The van der Waals surface area contributed by atoms with E-state index in [9.17, 15) is 10.4 Å². The van der Waals surface area contributed by atoms with E-state index < -0.39 is 11.2 Å². The molecule has 0 aromatic heterocycles. The molecule has 4 fully saturated rings. The van der Waals surface area contributed by atoms with E-state index in [-0.39, 0.29) is 6.04 Å². The summed E-state index contributed by atoms with van der Waals surface area (Å²) >= 11 is 0. The van der Waals surface area contributed by atoms with Gasteiger partial charge >= 0.3 is 0 Å². The highest BCUT2D eigenvalue weighted by Crippen LogP contribution is 2.56. The molecule has 4 saturated carbocycles. The minimum absolute atomic E-state index is 0.168. The highest BCUT2D eigenvalue weighted by atomic mass is 16.5. The van der Waals surface area contributed by atoms with E-state index in [1.54, 1.807) is 0 Å². The predicted octanol–water partition coefficient (Wildman–Crippen LogP) is 3.25. The van der Waals surface area contributed by atoms with Gasteiger partial charge in [0, 0.05) is 0 Å². The van der Waals surface area contributed by atoms with Crippen molar-refractivity contribution in [3.8, 4) is 11.9 Å². The second-order valence-corrected chi connectivity index (χ2v) is 8.82. The van der Waals surface area contributed by atoms with E-state index >= 15 is 0 Å². The van der Waals surface area contributed by atoms with E-state index in [4.69, 9.17) is 9.73 Å². The number of aliphatic imine (C=N–C) groups is 1. The molecule has 138 valence electrons. The van der Waals surface area contributed by atoms with Crippen LogP contribution < -0.4 is 10.1 Å². The lowest BCUT2D eigenvalue weighted by Gasteiger charge is -2.57. The van der Waals surface area contributed by atoms with Gasteiger partial charge in [0.25, 0.3) is 0 Å². The van der Waals surface area contributed by atoms with Gasteiger partial charge in [-0.25, -0.2) is 0 Å².